The zero-order valence-electron chi connectivity index (χ0n) is 15.2. The highest BCUT2D eigenvalue weighted by Gasteiger charge is 2.26. The van der Waals surface area contributed by atoms with Gasteiger partial charge in [0.25, 0.3) is 0 Å². The maximum Gasteiger partial charge on any atom is 0.227 e. The molecule has 1 N–H and O–H groups in total. The van der Waals surface area contributed by atoms with E-state index in [1.54, 1.807) is 6.26 Å². The van der Waals surface area contributed by atoms with Crippen molar-refractivity contribution in [1.29, 1.82) is 0 Å². The van der Waals surface area contributed by atoms with Crippen LogP contribution in [0.5, 0.6) is 0 Å². The fourth-order valence-electron chi connectivity index (χ4n) is 3.79. The fraction of sp³-hybridized carbons (Fsp3) is 0.550. The van der Waals surface area contributed by atoms with Crippen molar-refractivity contribution in [2.24, 2.45) is 5.92 Å². The van der Waals surface area contributed by atoms with Crippen molar-refractivity contribution >= 4 is 16.9 Å². The van der Waals surface area contributed by atoms with Crippen LogP contribution in [0.3, 0.4) is 0 Å². The Hall–Kier alpha value is -1.81. The molecule has 1 aliphatic heterocycles. The summed E-state index contributed by atoms with van der Waals surface area (Å²) in [5.74, 6) is 1.26. The van der Waals surface area contributed by atoms with Crippen LogP contribution in [0.2, 0.25) is 0 Å². The predicted octanol–water partition coefficient (Wildman–Crippen LogP) is 3.48. The average molecular weight is 328 g/mol. The number of carbonyl (C=O) groups excluding carboxylic acids is 1. The number of nitrogens with zero attached hydrogens (tertiary/aromatic N) is 1. The number of rotatable bonds is 5. The number of benzene rings is 1. The Morgan fingerprint density at radius 1 is 1.42 bits per heavy atom. The highest BCUT2D eigenvalue weighted by molar-refractivity contribution is 5.88. The molecule has 0 unspecified atom stereocenters. The quantitative estimate of drug-likeness (QED) is 0.914. The number of hydrogen-bond acceptors (Lipinski definition) is 3. The Morgan fingerprint density at radius 3 is 2.92 bits per heavy atom. The lowest BCUT2D eigenvalue weighted by Crippen LogP contribution is -2.31. The van der Waals surface area contributed by atoms with Gasteiger partial charge in [0.05, 0.1) is 12.7 Å². The van der Waals surface area contributed by atoms with Gasteiger partial charge in [0.15, 0.2) is 0 Å². The molecule has 24 heavy (non-hydrogen) atoms. The number of aryl methyl sites for hydroxylation is 1. The van der Waals surface area contributed by atoms with Crippen LogP contribution in [-0.4, -0.2) is 37.5 Å². The number of furan rings is 1. The van der Waals surface area contributed by atoms with Gasteiger partial charge in [-0.15, -0.1) is 0 Å². The molecule has 1 saturated heterocycles. The first-order valence-corrected chi connectivity index (χ1v) is 8.92. The molecule has 2 aromatic rings. The van der Waals surface area contributed by atoms with Crippen LogP contribution in [-0.2, 0) is 11.2 Å². The zero-order valence-corrected chi connectivity index (χ0v) is 15.2. The van der Waals surface area contributed by atoms with Crippen LogP contribution in [0, 0.1) is 12.8 Å². The van der Waals surface area contributed by atoms with E-state index in [1.165, 1.54) is 11.1 Å². The van der Waals surface area contributed by atoms with Gasteiger partial charge in [-0.1, -0.05) is 13.8 Å². The number of carbonyl (C=O) groups is 1. The van der Waals surface area contributed by atoms with Crippen LogP contribution >= 0.6 is 0 Å². The average Bonchev–Trinajstić information content (AvgIpc) is 3.14. The normalized spacial score (nSPS) is 18.0. The van der Waals surface area contributed by atoms with Gasteiger partial charge < -0.3 is 14.6 Å². The lowest BCUT2D eigenvalue weighted by molar-refractivity contribution is -0.129. The lowest BCUT2D eigenvalue weighted by atomic mass is 9.95. The molecule has 3 rings (SSSR count). The molecule has 4 nitrogen and oxygen atoms in total. The molecule has 0 aliphatic carbocycles. The number of hydrogen-bond donors (Lipinski definition) is 1. The Labute approximate surface area is 144 Å². The minimum atomic E-state index is 0.211. The molecule has 1 aromatic carbocycles. The van der Waals surface area contributed by atoms with Crippen molar-refractivity contribution in [2.75, 3.05) is 26.7 Å². The van der Waals surface area contributed by atoms with Crippen molar-refractivity contribution in [3.8, 4) is 0 Å². The largest absolute Gasteiger partial charge is 0.464 e. The van der Waals surface area contributed by atoms with Crippen LogP contribution in [0.15, 0.2) is 22.8 Å². The summed E-state index contributed by atoms with van der Waals surface area (Å²) in [6, 6.07) is 4.30. The molecule has 1 aliphatic rings. The smallest absolute Gasteiger partial charge is 0.227 e. The first kappa shape index (κ1) is 17.0. The molecule has 1 amide bonds. The Balaban J connectivity index is 1.78. The van der Waals surface area contributed by atoms with Gasteiger partial charge in [-0.25, -0.2) is 0 Å². The fourth-order valence-corrected chi connectivity index (χ4v) is 3.79. The Morgan fingerprint density at radius 2 is 2.21 bits per heavy atom. The molecule has 0 bridgehead atoms. The van der Waals surface area contributed by atoms with Gasteiger partial charge in [-0.2, -0.15) is 0 Å². The van der Waals surface area contributed by atoms with Crippen molar-refractivity contribution in [3.63, 3.8) is 0 Å². The monoisotopic (exact) mass is 328 g/mol. The summed E-state index contributed by atoms with van der Waals surface area (Å²) in [6.07, 6.45) is 3.28. The molecule has 0 radical (unpaired) electrons. The summed E-state index contributed by atoms with van der Waals surface area (Å²) in [7, 11) is 1.97. The molecule has 1 atom stereocenters. The van der Waals surface area contributed by atoms with Crippen LogP contribution in [0.1, 0.15) is 42.9 Å². The third kappa shape index (κ3) is 3.34. The third-order valence-corrected chi connectivity index (χ3v) is 5.14. The van der Waals surface area contributed by atoms with E-state index in [1.807, 2.05) is 11.9 Å². The van der Waals surface area contributed by atoms with E-state index in [0.29, 0.717) is 18.3 Å². The summed E-state index contributed by atoms with van der Waals surface area (Å²) in [5.41, 5.74) is 4.47. The minimum Gasteiger partial charge on any atom is -0.464 e. The summed E-state index contributed by atoms with van der Waals surface area (Å²) >= 11 is 0. The lowest BCUT2D eigenvalue weighted by Gasteiger charge is -2.16. The molecule has 1 aromatic heterocycles. The van der Waals surface area contributed by atoms with Gasteiger partial charge >= 0.3 is 0 Å². The SMILES string of the molecule is CNC[C@H]1CCN(C(=O)Cc2coc3cc(C)c(C(C)C)cc23)C1. The van der Waals surface area contributed by atoms with Crippen molar-refractivity contribution in [3.05, 3.63) is 35.1 Å². The van der Waals surface area contributed by atoms with Crippen LogP contribution in [0.4, 0.5) is 0 Å². The van der Waals surface area contributed by atoms with Gasteiger partial charge in [-0.05, 0) is 62.0 Å². The van der Waals surface area contributed by atoms with E-state index >= 15 is 0 Å². The molecular weight excluding hydrogens is 300 g/mol. The highest BCUT2D eigenvalue weighted by Crippen LogP contribution is 2.29. The van der Waals surface area contributed by atoms with Crippen molar-refractivity contribution in [2.45, 2.75) is 39.5 Å². The molecule has 130 valence electrons. The number of likely N-dealkylation sites (tertiary alicyclic amines) is 1. The summed E-state index contributed by atoms with van der Waals surface area (Å²) in [4.78, 5) is 14.7. The summed E-state index contributed by atoms with van der Waals surface area (Å²) in [6.45, 7) is 9.24. The van der Waals surface area contributed by atoms with E-state index in [2.05, 4.69) is 38.2 Å². The summed E-state index contributed by atoms with van der Waals surface area (Å²) < 4.78 is 5.71. The van der Waals surface area contributed by atoms with Crippen LogP contribution < -0.4 is 5.32 Å². The molecule has 2 heterocycles. The predicted molar refractivity (Wildman–Crippen MR) is 97.4 cm³/mol. The van der Waals surface area contributed by atoms with Gasteiger partial charge in [0.1, 0.15) is 5.58 Å². The molecule has 0 spiro atoms. The number of amides is 1. The van der Waals surface area contributed by atoms with E-state index in [4.69, 9.17) is 4.42 Å². The third-order valence-electron chi connectivity index (χ3n) is 5.14. The maximum absolute atomic E-state index is 12.7. The minimum absolute atomic E-state index is 0.211. The number of fused-ring (bicyclic) bond motifs is 1. The van der Waals surface area contributed by atoms with Gasteiger partial charge in [-0.3, -0.25) is 4.79 Å². The van der Waals surface area contributed by atoms with Crippen molar-refractivity contribution < 1.29 is 9.21 Å². The summed E-state index contributed by atoms with van der Waals surface area (Å²) in [5, 5.41) is 4.29. The highest BCUT2D eigenvalue weighted by atomic mass is 16.3. The van der Waals surface area contributed by atoms with Crippen molar-refractivity contribution in [1.82, 2.24) is 10.2 Å². The van der Waals surface area contributed by atoms with E-state index in [-0.39, 0.29) is 5.91 Å². The molecular formula is C20H28N2O2. The second-order valence-corrected chi connectivity index (χ2v) is 7.35. The van der Waals surface area contributed by atoms with E-state index in [0.717, 1.165) is 42.6 Å². The standard InChI is InChI=1S/C20H28N2O2/c1-13(2)17-9-18-16(12-24-19(18)7-14(17)3)8-20(23)22-6-5-15(11-22)10-21-4/h7,9,12-13,15,21H,5-6,8,10-11H2,1-4H3/t15-/m1/s1. The van der Waals surface area contributed by atoms with Gasteiger partial charge in [0.2, 0.25) is 5.91 Å². The van der Waals surface area contributed by atoms with E-state index < -0.39 is 0 Å². The zero-order chi connectivity index (χ0) is 17.3. The Kier molecular flexibility index (Phi) is 4.95. The topological polar surface area (TPSA) is 45.5 Å². The number of nitrogens with one attached hydrogen (secondary N) is 1. The van der Waals surface area contributed by atoms with Crippen LogP contribution in [0.25, 0.3) is 11.0 Å². The second kappa shape index (κ2) is 6.98. The molecule has 1 fully saturated rings. The first-order chi connectivity index (χ1) is 11.5. The molecule has 4 heteroatoms. The molecule has 0 saturated carbocycles. The van der Waals surface area contributed by atoms with E-state index in [9.17, 15) is 4.79 Å². The maximum atomic E-state index is 12.7. The Bertz CT molecular complexity index is 733. The second-order valence-electron chi connectivity index (χ2n) is 7.35. The van der Waals surface area contributed by atoms with Gasteiger partial charge in [0, 0.05) is 24.0 Å². The first-order valence-electron chi connectivity index (χ1n) is 8.92.